The third-order valence-corrected chi connectivity index (χ3v) is 6.65. The highest BCUT2D eigenvalue weighted by Crippen LogP contribution is 2.31. The maximum atomic E-state index is 12.8. The van der Waals surface area contributed by atoms with E-state index in [1.54, 1.807) is 6.92 Å². The minimum absolute atomic E-state index is 0. The van der Waals surface area contributed by atoms with Gasteiger partial charge in [0.05, 0.1) is 0 Å². The summed E-state index contributed by atoms with van der Waals surface area (Å²) >= 11 is 0. The maximum Gasteiger partial charge on any atom is 0.293 e. The number of sulfonamides is 1. The first-order valence-corrected chi connectivity index (χ1v) is 10.2. The first kappa shape index (κ1) is 20.5. The summed E-state index contributed by atoms with van der Waals surface area (Å²) in [5, 5.41) is 3.96. The van der Waals surface area contributed by atoms with Gasteiger partial charge in [-0.15, -0.1) is 12.4 Å². The van der Waals surface area contributed by atoms with Crippen molar-refractivity contribution < 1.29 is 17.4 Å². The van der Waals surface area contributed by atoms with Crippen LogP contribution in [0.1, 0.15) is 24.2 Å². The Balaban J connectivity index is 0.00000225. The number of hydrogen-bond donors (Lipinski definition) is 1. The zero-order chi connectivity index (χ0) is 19.0. The molecule has 28 heavy (non-hydrogen) atoms. The Morgan fingerprint density at radius 2 is 1.86 bits per heavy atom. The molecule has 0 radical (unpaired) electrons. The molecule has 1 aromatic carbocycles. The Morgan fingerprint density at radius 1 is 1.18 bits per heavy atom. The van der Waals surface area contributed by atoms with Crippen molar-refractivity contribution in [2.24, 2.45) is 5.73 Å². The molecular weight excluding hydrogens is 404 g/mol. The number of nitrogens with two attached hydrogens (primary N) is 1. The molecule has 150 valence electrons. The highest BCUT2D eigenvalue weighted by molar-refractivity contribution is 7.89. The number of benzene rings is 1. The van der Waals surface area contributed by atoms with E-state index < -0.39 is 10.0 Å². The largest absolute Gasteiger partial charge is 0.455 e. The second-order valence-corrected chi connectivity index (χ2v) is 8.37. The number of halogens is 1. The van der Waals surface area contributed by atoms with E-state index in [0.29, 0.717) is 31.2 Å². The van der Waals surface area contributed by atoms with Crippen LogP contribution >= 0.6 is 12.4 Å². The van der Waals surface area contributed by atoms with E-state index in [1.807, 2.05) is 24.3 Å². The van der Waals surface area contributed by atoms with Crippen LogP contribution in [0.25, 0.3) is 23.0 Å². The van der Waals surface area contributed by atoms with E-state index in [-0.39, 0.29) is 29.0 Å². The lowest BCUT2D eigenvalue weighted by molar-refractivity contribution is 0.413. The fourth-order valence-electron chi connectivity index (χ4n) is 3.13. The molecule has 0 amide bonds. The Bertz CT molecular complexity index is 1050. The van der Waals surface area contributed by atoms with Crippen LogP contribution in [0.5, 0.6) is 0 Å². The lowest BCUT2D eigenvalue weighted by Gasteiger charge is -2.14. The first-order valence-electron chi connectivity index (χ1n) is 8.73. The molecular formula is C18H21ClN4O4S. The highest BCUT2D eigenvalue weighted by Gasteiger charge is 2.31. The van der Waals surface area contributed by atoms with E-state index in [0.717, 1.165) is 24.0 Å². The molecule has 1 saturated heterocycles. The molecule has 3 aromatic rings. The second kappa shape index (κ2) is 8.04. The smallest absolute Gasteiger partial charge is 0.293 e. The minimum Gasteiger partial charge on any atom is -0.455 e. The van der Waals surface area contributed by atoms with Crippen molar-refractivity contribution in [1.29, 1.82) is 0 Å². The Kier molecular flexibility index (Phi) is 5.90. The number of rotatable bonds is 5. The average Bonchev–Trinajstić information content (AvgIpc) is 3.42. The number of aryl methyl sites for hydroxylation is 1. The van der Waals surface area contributed by atoms with E-state index in [2.05, 4.69) is 10.1 Å². The molecule has 0 spiro atoms. The standard InChI is InChI=1S/C18H20N4O4S.ClH/c1-12-16(27(23,24)22-8-2-3-9-22)10-15(25-12)18-20-17(21-26-18)14-6-4-13(11-19)5-7-14;/h4-7,10H,2-3,8-9,11,19H2,1H3;1H. The molecule has 4 rings (SSSR count). The molecule has 0 bridgehead atoms. The highest BCUT2D eigenvalue weighted by atomic mass is 35.5. The second-order valence-electron chi connectivity index (χ2n) is 6.47. The van der Waals surface area contributed by atoms with Crippen LogP contribution in [0.4, 0.5) is 0 Å². The van der Waals surface area contributed by atoms with Crippen molar-refractivity contribution in [3.05, 3.63) is 41.7 Å². The van der Waals surface area contributed by atoms with E-state index >= 15 is 0 Å². The monoisotopic (exact) mass is 424 g/mol. The summed E-state index contributed by atoms with van der Waals surface area (Å²) < 4.78 is 37.9. The third-order valence-electron chi connectivity index (χ3n) is 4.64. The predicted octanol–water partition coefficient (Wildman–Crippen LogP) is 2.97. The maximum absolute atomic E-state index is 12.8. The number of nitrogens with zero attached hydrogens (tertiary/aromatic N) is 3. The van der Waals surface area contributed by atoms with Crippen LogP contribution in [0.3, 0.4) is 0 Å². The quantitative estimate of drug-likeness (QED) is 0.669. The van der Waals surface area contributed by atoms with Gasteiger partial charge in [0, 0.05) is 31.3 Å². The van der Waals surface area contributed by atoms with E-state index in [4.69, 9.17) is 14.7 Å². The Morgan fingerprint density at radius 3 is 2.50 bits per heavy atom. The number of furan rings is 1. The van der Waals surface area contributed by atoms with Gasteiger partial charge in [0.25, 0.3) is 5.89 Å². The van der Waals surface area contributed by atoms with Crippen LogP contribution in [-0.4, -0.2) is 36.0 Å². The predicted molar refractivity (Wildman–Crippen MR) is 105 cm³/mol. The molecule has 3 heterocycles. The van der Waals surface area contributed by atoms with Gasteiger partial charge in [0.15, 0.2) is 5.76 Å². The number of hydrogen-bond acceptors (Lipinski definition) is 7. The van der Waals surface area contributed by atoms with Crippen molar-refractivity contribution >= 4 is 22.4 Å². The van der Waals surface area contributed by atoms with Gasteiger partial charge < -0.3 is 14.7 Å². The fraction of sp³-hybridized carbons (Fsp3) is 0.333. The van der Waals surface area contributed by atoms with Crippen LogP contribution in [-0.2, 0) is 16.6 Å². The molecule has 2 N–H and O–H groups in total. The minimum atomic E-state index is -3.57. The molecule has 10 heteroatoms. The van der Waals surface area contributed by atoms with Gasteiger partial charge >= 0.3 is 0 Å². The van der Waals surface area contributed by atoms with Crippen molar-refractivity contribution in [3.63, 3.8) is 0 Å². The summed E-state index contributed by atoms with van der Waals surface area (Å²) in [5.41, 5.74) is 7.38. The Labute approximate surface area is 169 Å². The first-order chi connectivity index (χ1) is 13.0. The summed E-state index contributed by atoms with van der Waals surface area (Å²) in [4.78, 5) is 4.47. The topological polar surface area (TPSA) is 115 Å². The van der Waals surface area contributed by atoms with Gasteiger partial charge in [-0.25, -0.2) is 8.42 Å². The zero-order valence-corrected chi connectivity index (χ0v) is 16.9. The summed E-state index contributed by atoms with van der Waals surface area (Å²) in [7, 11) is -3.57. The van der Waals surface area contributed by atoms with Crippen molar-refractivity contribution in [2.75, 3.05) is 13.1 Å². The van der Waals surface area contributed by atoms with Crippen LogP contribution in [0.15, 0.2) is 44.2 Å². The number of aromatic nitrogens is 2. The lowest BCUT2D eigenvalue weighted by atomic mass is 10.1. The van der Waals surface area contributed by atoms with Gasteiger partial charge in [-0.3, -0.25) is 0 Å². The SMILES string of the molecule is Cc1oc(-c2nc(-c3ccc(CN)cc3)no2)cc1S(=O)(=O)N1CCCC1.Cl. The van der Waals surface area contributed by atoms with Gasteiger partial charge in [-0.1, -0.05) is 29.4 Å². The lowest BCUT2D eigenvalue weighted by Crippen LogP contribution is -2.27. The van der Waals surface area contributed by atoms with Gasteiger partial charge in [-0.05, 0) is 25.3 Å². The molecule has 1 fully saturated rings. The fourth-order valence-corrected chi connectivity index (χ4v) is 4.80. The summed E-state index contributed by atoms with van der Waals surface area (Å²) in [5.74, 6) is 1.08. The van der Waals surface area contributed by atoms with Gasteiger partial charge in [-0.2, -0.15) is 9.29 Å². The van der Waals surface area contributed by atoms with E-state index in [9.17, 15) is 8.42 Å². The van der Waals surface area contributed by atoms with Gasteiger partial charge in [0.1, 0.15) is 10.7 Å². The molecule has 8 nitrogen and oxygen atoms in total. The average molecular weight is 425 g/mol. The molecule has 0 aliphatic carbocycles. The third kappa shape index (κ3) is 3.70. The molecule has 0 unspecified atom stereocenters. The summed E-state index contributed by atoms with van der Waals surface area (Å²) in [6.07, 6.45) is 1.75. The molecule has 0 atom stereocenters. The molecule has 1 aliphatic rings. The molecule has 1 aliphatic heterocycles. The van der Waals surface area contributed by atoms with Gasteiger partial charge in [0.2, 0.25) is 15.8 Å². The van der Waals surface area contributed by atoms with Crippen molar-refractivity contribution in [2.45, 2.75) is 31.2 Å². The summed E-state index contributed by atoms with van der Waals surface area (Å²) in [6, 6.07) is 8.95. The zero-order valence-electron chi connectivity index (χ0n) is 15.3. The summed E-state index contributed by atoms with van der Waals surface area (Å²) in [6.45, 7) is 3.14. The normalized spacial score (nSPS) is 14.9. The molecule has 2 aromatic heterocycles. The van der Waals surface area contributed by atoms with Crippen molar-refractivity contribution in [1.82, 2.24) is 14.4 Å². The van der Waals surface area contributed by atoms with Crippen LogP contribution in [0.2, 0.25) is 0 Å². The van der Waals surface area contributed by atoms with E-state index in [1.165, 1.54) is 10.4 Å². The van der Waals surface area contributed by atoms with Crippen LogP contribution in [0, 0.1) is 6.92 Å². The Hall–Kier alpha value is -2.20. The molecule has 0 saturated carbocycles. The van der Waals surface area contributed by atoms with Crippen LogP contribution < -0.4 is 5.73 Å². The van der Waals surface area contributed by atoms with Crippen molar-refractivity contribution in [3.8, 4) is 23.0 Å².